The molecule has 0 radical (unpaired) electrons. The van der Waals surface area contributed by atoms with Crippen molar-refractivity contribution in [1.82, 2.24) is 9.80 Å². The van der Waals surface area contributed by atoms with Gasteiger partial charge in [-0.3, -0.25) is 9.59 Å². The maximum absolute atomic E-state index is 12.6. The topological polar surface area (TPSA) is 49.9 Å². The number of rotatable bonds is 3. The van der Waals surface area contributed by atoms with Gasteiger partial charge in [-0.1, -0.05) is 6.92 Å². The number of hydrogen-bond donors (Lipinski definition) is 0. The Morgan fingerprint density at radius 3 is 2.79 bits per heavy atom. The van der Waals surface area contributed by atoms with Gasteiger partial charge in [0.2, 0.25) is 11.8 Å². The molecule has 0 aromatic heterocycles. The second-order valence-corrected chi connectivity index (χ2v) is 5.83. The lowest BCUT2D eigenvalue weighted by Gasteiger charge is -2.42. The second kappa shape index (κ2) is 5.12. The highest BCUT2D eigenvalue weighted by molar-refractivity contribution is 5.97. The minimum Gasteiger partial charge on any atom is -0.381 e. The number of ether oxygens (including phenoxy) is 1. The van der Waals surface area contributed by atoms with Gasteiger partial charge < -0.3 is 14.5 Å². The molecule has 0 bridgehead atoms. The third kappa shape index (κ3) is 2.14. The van der Waals surface area contributed by atoms with Gasteiger partial charge in [0, 0.05) is 25.6 Å². The molecule has 0 aliphatic carbocycles. The molecule has 5 heteroatoms. The summed E-state index contributed by atoms with van der Waals surface area (Å²) < 4.78 is 5.38. The van der Waals surface area contributed by atoms with Gasteiger partial charge in [-0.25, -0.2) is 0 Å². The fourth-order valence-corrected chi connectivity index (χ4v) is 3.57. The summed E-state index contributed by atoms with van der Waals surface area (Å²) in [5.41, 5.74) is 0. The van der Waals surface area contributed by atoms with Crippen molar-refractivity contribution in [2.75, 3.05) is 26.3 Å². The van der Waals surface area contributed by atoms with E-state index in [0.29, 0.717) is 18.9 Å². The predicted octanol–water partition coefficient (Wildman–Crippen LogP) is 0.635. The van der Waals surface area contributed by atoms with E-state index in [2.05, 4.69) is 0 Å². The largest absolute Gasteiger partial charge is 0.381 e. The van der Waals surface area contributed by atoms with E-state index in [1.165, 1.54) is 0 Å². The number of nitrogens with zero attached hydrogens (tertiary/aromatic N) is 2. The third-order valence-electron chi connectivity index (χ3n) is 4.63. The lowest BCUT2D eigenvalue weighted by atomic mass is 10.00. The monoisotopic (exact) mass is 266 g/mol. The first-order valence-corrected chi connectivity index (χ1v) is 7.41. The van der Waals surface area contributed by atoms with Gasteiger partial charge in [0.05, 0.1) is 6.61 Å². The highest BCUT2D eigenvalue weighted by atomic mass is 16.5. The van der Waals surface area contributed by atoms with Crippen LogP contribution in [-0.4, -0.2) is 60.0 Å². The van der Waals surface area contributed by atoms with Crippen molar-refractivity contribution in [3.63, 3.8) is 0 Å². The first-order chi connectivity index (χ1) is 9.22. The van der Waals surface area contributed by atoms with E-state index in [1.807, 2.05) is 11.8 Å². The molecule has 3 saturated heterocycles. The van der Waals surface area contributed by atoms with E-state index < -0.39 is 0 Å². The summed E-state index contributed by atoms with van der Waals surface area (Å²) >= 11 is 0. The van der Waals surface area contributed by atoms with E-state index in [-0.39, 0.29) is 23.9 Å². The zero-order valence-electron chi connectivity index (χ0n) is 11.5. The molecule has 3 fully saturated rings. The Kier molecular flexibility index (Phi) is 3.48. The van der Waals surface area contributed by atoms with E-state index in [0.717, 1.165) is 39.0 Å². The zero-order valence-corrected chi connectivity index (χ0v) is 11.5. The summed E-state index contributed by atoms with van der Waals surface area (Å²) in [6, 6.07) is -0.430. The summed E-state index contributed by atoms with van der Waals surface area (Å²) in [6.07, 6.45) is 3.50. The van der Waals surface area contributed by atoms with Crippen LogP contribution < -0.4 is 0 Å². The Labute approximate surface area is 113 Å². The molecule has 3 heterocycles. The SMILES string of the molecule is CCC1C(=O)N2CCCC2C(=O)N1CC1CCOC1. The minimum absolute atomic E-state index is 0.156. The molecule has 0 saturated carbocycles. The average molecular weight is 266 g/mol. The van der Waals surface area contributed by atoms with E-state index in [4.69, 9.17) is 4.74 Å². The Hall–Kier alpha value is -1.10. The molecule has 3 rings (SSSR count). The molecule has 106 valence electrons. The van der Waals surface area contributed by atoms with Crippen molar-refractivity contribution in [3.8, 4) is 0 Å². The lowest BCUT2D eigenvalue weighted by Crippen LogP contribution is -2.63. The fraction of sp³-hybridized carbons (Fsp3) is 0.857. The van der Waals surface area contributed by atoms with Gasteiger partial charge in [-0.15, -0.1) is 0 Å². The molecular weight excluding hydrogens is 244 g/mol. The molecule has 0 aromatic rings. The molecule has 3 aliphatic heterocycles. The molecule has 0 N–H and O–H groups in total. The quantitative estimate of drug-likeness (QED) is 0.753. The van der Waals surface area contributed by atoms with Crippen LogP contribution in [0, 0.1) is 5.92 Å². The Balaban J connectivity index is 1.78. The standard InChI is InChI=1S/C14H22N2O3/c1-2-11-13(17)15-6-3-4-12(15)14(18)16(11)8-10-5-7-19-9-10/h10-12H,2-9H2,1H3. The van der Waals surface area contributed by atoms with Crippen molar-refractivity contribution in [2.45, 2.75) is 44.7 Å². The molecule has 3 aliphatic rings. The molecule has 3 unspecified atom stereocenters. The van der Waals surface area contributed by atoms with Crippen molar-refractivity contribution in [1.29, 1.82) is 0 Å². The van der Waals surface area contributed by atoms with Gasteiger partial charge in [-0.05, 0) is 25.7 Å². The lowest BCUT2D eigenvalue weighted by molar-refractivity contribution is -0.160. The number of carbonyl (C=O) groups is 2. The molecule has 0 spiro atoms. The van der Waals surface area contributed by atoms with Crippen molar-refractivity contribution < 1.29 is 14.3 Å². The van der Waals surface area contributed by atoms with E-state index in [9.17, 15) is 9.59 Å². The Morgan fingerprint density at radius 1 is 1.26 bits per heavy atom. The summed E-state index contributed by atoms with van der Waals surface area (Å²) in [5, 5.41) is 0. The second-order valence-electron chi connectivity index (χ2n) is 5.83. The van der Waals surface area contributed by atoms with Crippen LogP contribution in [0.15, 0.2) is 0 Å². The minimum atomic E-state index is -0.248. The van der Waals surface area contributed by atoms with Gasteiger partial charge in [0.25, 0.3) is 0 Å². The van der Waals surface area contributed by atoms with Crippen molar-refractivity contribution in [2.24, 2.45) is 5.92 Å². The van der Waals surface area contributed by atoms with Crippen LogP contribution in [0.4, 0.5) is 0 Å². The number of piperazine rings is 1. The van der Waals surface area contributed by atoms with E-state index in [1.54, 1.807) is 4.90 Å². The smallest absolute Gasteiger partial charge is 0.246 e. The van der Waals surface area contributed by atoms with E-state index >= 15 is 0 Å². The molecule has 3 atom stereocenters. The molecule has 5 nitrogen and oxygen atoms in total. The normalized spacial score (nSPS) is 35.1. The fourth-order valence-electron chi connectivity index (χ4n) is 3.57. The van der Waals surface area contributed by atoms with Crippen LogP contribution in [0.2, 0.25) is 0 Å². The van der Waals surface area contributed by atoms with Gasteiger partial charge in [0.15, 0.2) is 0 Å². The van der Waals surface area contributed by atoms with Crippen LogP contribution in [0.1, 0.15) is 32.6 Å². The number of carbonyl (C=O) groups excluding carboxylic acids is 2. The highest BCUT2D eigenvalue weighted by Gasteiger charge is 2.47. The van der Waals surface area contributed by atoms with Crippen LogP contribution in [0.3, 0.4) is 0 Å². The summed E-state index contributed by atoms with van der Waals surface area (Å²) in [4.78, 5) is 28.7. The maximum Gasteiger partial charge on any atom is 0.246 e. The first kappa shape index (κ1) is 12.9. The van der Waals surface area contributed by atoms with Crippen molar-refractivity contribution >= 4 is 11.8 Å². The third-order valence-corrected chi connectivity index (χ3v) is 4.63. The summed E-state index contributed by atoms with van der Waals surface area (Å²) in [5.74, 6) is 0.720. The van der Waals surface area contributed by atoms with Gasteiger partial charge in [0.1, 0.15) is 12.1 Å². The van der Waals surface area contributed by atoms with Crippen LogP contribution in [0.5, 0.6) is 0 Å². The molecular formula is C14H22N2O3. The summed E-state index contributed by atoms with van der Waals surface area (Å²) in [6.45, 7) is 4.94. The molecule has 19 heavy (non-hydrogen) atoms. The maximum atomic E-state index is 12.6. The molecule has 2 amide bonds. The average Bonchev–Trinajstić information content (AvgIpc) is 3.07. The number of hydrogen-bond acceptors (Lipinski definition) is 3. The van der Waals surface area contributed by atoms with Gasteiger partial charge >= 0.3 is 0 Å². The van der Waals surface area contributed by atoms with Crippen LogP contribution in [-0.2, 0) is 14.3 Å². The number of amides is 2. The van der Waals surface area contributed by atoms with Crippen LogP contribution >= 0.6 is 0 Å². The van der Waals surface area contributed by atoms with Crippen molar-refractivity contribution in [3.05, 3.63) is 0 Å². The number of fused-ring (bicyclic) bond motifs is 1. The highest BCUT2D eigenvalue weighted by Crippen LogP contribution is 2.29. The first-order valence-electron chi connectivity index (χ1n) is 7.41. The Morgan fingerprint density at radius 2 is 2.11 bits per heavy atom. The van der Waals surface area contributed by atoms with Gasteiger partial charge in [-0.2, -0.15) is 0 Å². The molecule has 0 aromatic carbocycles. The summed E-state index contributed by atoms with van der Waals surface area (Å²) in [7, 11) is 0. The Bertz CT molecular complexity index is 379. The zero-order chi connectivity index (χ0) is 13.4. The predicted molar refractivity (Wildman–Crippen MR) is 69.5 cm³/mol. The van der Waals surface area contributed by atoms with Crippen LogP contribution in [0.25, 0.3) is 0 Å².